The molecular formula is C14H8F3NS. The zero-order valence-electron chi connectivity index (χ0n) is 9.61. The summed E-state index contributed by atoms with van der Waals surface area (Å²) in [5.41, 5.74) is 0.312. The van der Waals surface area contributed by atoms with E-state index < -0.39 is 11.7 Å². The Bertz CT molecular complexity index is 616. The number of alkyl halides is 3. The molecular weight excluding hydrogens is 271 g/mol. The van der Waals surface area contributed by atoms with Gasteiger partial charge in [-0.2, -0.15) is 18.4 Å². The van der Waals surface area contributed by atoms with Crippen LogP contribution >= 0.6 is 11.3 Å². The van der Waals surface area contributed by atoms with Crippen molar-refractivity contribution in [3.05, 3.63) is 57.8 Å². The summed E-state index contributed by atoms with van der Waals surface area (Å²) in [7, 11) is 0. The minimum absolute atomic E-state index is 0.440. The van der Waals surface area contributed by atoms with E-state index in [4.69, 9.17) is 5.26 Å². The summed E-state index contributed by atoms with van der Waals surface area (Å²) in [5, 5.41) is 10.9. The highest BCUT2D eigenvalue weighted by atomic mass is 32.1. The number of hydrogen-bond acceptors (Lipinski definition) is 2. The number of thiophene rings is 1. The Labute approximate surface area is 112 Å². The smallest absolute Gasteiger partial charge is 0.192 e. The summed E-state index contributed by atoms with van der Waals surface area (Å²) < 4.78 is 37.2. The second kappa shape index (κ2) is 5.29. The molecule has 0 unspecified atom stereocenters. The summed E-state index contributed by atoms with van der Waals surface area (Å²) in [5.74, 6) is 0. The van der Waals surface area contributed by atoms with Crippen molar-refractivity contribution in [3.63, 3.8) is 0 Å². The molecule has 19 heavy (non-hydrogen) atoms. The van der Waals surface area contributed by atoms with Gasteiger partial charge in [0, 0.05) is 4.88 Å². The van der Waals surface area contributed by atoms with Gasteiger partial charge in [0.15, 0.2) is 0 Å². The van der Waals surface area contributed by atoms with Crippen molar-refractivity contribution in [2.75, 3.05) is 0 Å². The normalized spacial score (nSPS) is 12.2. The van der Waals surface area contributed by atoms with Gasteiger partial charge in [-0.3, -0.25) is 0 Å². The molecule has 0 radical (unpaired) electrons. The molecule has 0 fully saturated rings. The highest BCUT2D eigenvalue weighted by molar-refractivity contribution is 7.11. The molecule has 0 N–H and O–H groups in total. The second-order valence-electron chi connectivity index (χ2n) is 3.77. The predicted octanol–water partition coefficient (Wildman–Crippen LogP) is 4.83. The van der Waals surface area contributed by atoms with Crippen LogP contribution in [0.15, 0.2) is 41.8 Å². The number of nitrogens with zero attached hydrogens (tertiary/aromatic N) is 1. The first-order valence-corrected chi connectivity index (χ1v) is 6.21. The Morgan fingerprint density at radius 3 is 2.32 bits per heavy atom. The summed E-state index contributed by atoms with van der Waals surface area (Å²) in [4.78, 5) is 0.794. The van der Waals surface area contributed by atoms with E-state index in [1.54, 1.807) is 12.1 Å². The van der Waals surface area contributed by atoms with Gasteiger partial charge in [-0.1, -0.05) is 18.2 Å². The molecule has 2 aromatic rings. The lowest BCUT2D eigenvalue weighted by Gasteiger charge is -2.06. The summed E-state index contributed by atoms with van der Waals surface area (Å²) in [6.07, 6.45) is -2.76. The lowest BCUT2D eigenvalue weighted by molar-refractivity contribution is -0.137. The minimum Gasteiger partial charge on any atom is -0.192 e. The molecule has 0 aliphatic heterocycles. The maximum atomic E-state index is 12.4. The molecule has 1 aromatic heterocycles. The molecule has 0 spiro atoms. The van der Waals surface area contributed by atoms with E-state index in [1.165, 1.54) is 23.5 Å². The van der Waals surface area contributed by atoms with Gasteiger partial charge in [0.25, 0.3) is 0 Å². The van der Waals surface area contributed by atoms with Crippen molar-refractivity contribution in [2.24, 2.45) is 0 Å². The van der Waals surface area contributed by atoms with E-state index in [2.05, 4.69) is 0 Å². The first-order chi connectivity index (χ1) is 9.00. The molecule has 1 heterocycles. The maximum absolute atomic E-state index is 12.4. The number of hydrogen-bond donors (Lipinski definition) is 0. The van der Waals surface area contributed by atoms with Crippen LogP contribution in [0, 0.1) is 11.3 Å². The van der Waals surface area contributed by atoms with E-state index >= 15 is 0 Å². The van der Waals surface area contributed by atoms with Gasteiger partial charge in [-0.05, 0) is 35.2 Å². The molecule has 0 saturated heterocycles. The molecule has 0 amide bonds. The topological polar surface area (TPSA) is 23.8 Å². The zero-order valence-corrected chi connectivity index (χ0v) is 10.4. The van der Waals surface area contributed by atoms with Crippen molar-refractivity contribution in [1.29, 1.82) is 5.26 Å². The molecule has 2 rings (SSSR count). The van der Waals surface area contributed by atoms with Crippen molar-refractivity contribution >= 4 is 23.0 Å². The van der Waals surface area contributed by atoms with E-state index in [9.17, 15) is 13.2 Å². The van der Waals surface area contributed by atoms with Gasteiger partial charge in [0.05, 0.1) is 11.1 Å². The number of benzene rings is 1. The van der Waals surface area contributed by atoms with Gasteiger partial charge < -0.3 is 0 Å². The van der Waals surface area contributed by atoms with Crippen LogP contribution in [0.25, 0.3) is 11.6 Å². The van der Waals surface area contributed by atoms with Crippen molar-refractivity contribution in [2.45, 2.75) is 6.18 Å². The quantitative estimate of drug-likeness (QED) is 0.722. The number of halogens is 3. The lowest BCUT2D eigenvalue weighted by atomic mass is 10.1. The first kappa shape index (κ1) is 13.4. The molecule has 1 aromatic carbocycles. The van der Waals surface area contributed by atoms with Crippen LogP contribution in [0.1, 0.15) is 16.0 Å². The van der Waals surface area contributed by atoms with E-state index in [0.29, 0.717) is 11.1 Å². The van der Waals surface area contributed by atoms with Gasteiger partial charge in [0.1, 0.15) is 6.07 Å². The largest absolute Gasteiger partial charge is 0.416 e. The molecule has 0 aliphatic rings. The van der Waals surface area contributed by atoms with Crippen LogP contribution in [0.4, 0.5) is 13.2 Å². The van der Waals surface area contributed by atoms with Crippen LogP contribution < -0.4 is 0 Å². The van der Waals surface area contributed by atoms with Crippen LogP contribution in [0.5, 0.6) is 0 Å². The minimum atomic E-state index is -4.34. The third-order valence-corrected chi connectivity index (χ3v) is 3.36. The van der Waals surface area contributed by atoms with Crippen molar-refractivity contribution in [1.82, 2.24) is 0 Å². The molecule has 1 nitrogen and oxygen atoms in total. The van der Waals surface area contributed by atoms with Gasteiger partial charge >= 0.3 is 6.18 Å². The fraction of sp³-hybridized carbons (Fsp3) is 0.0714. The molecule has 0 bridgehead atoms. The van der Waals surface area contributed by atoms with Crippen molar-refractivity contribution in [3.8, 4) is 6.07 Å². The standard InChI is InChI=1S/C14H8F3NS/c15-14(16,17)12-5-3-10(4-6-12)8-11(9-18)13-2-1-7-19-13/h1-8H/b11-8+. The predicted molar refractivity (Wildman–Crippen MR) is 69.2 cm³/mol. The number of allylic oxidation sites excluding steroid dienone is 1. The Balaban J connectivity index is 2.31. The molecule has 5 heteroatoms. The molecule has 96 valence electrons. The Morgan fingerprint density at radius 1 is 1.16 bits per heavy atom. The van der Waals surface area contributed by atoms with Crippen LogP contribution in [0.3, 0.4) is 0 Å². The summed E-state index contributed by atoms with van der Waals surface area (Å²) in [6.45, 7) is 0. The Kier molecular flexibility index (Phi) is 3.72. The van der Waals surface area contributed by atoms with Gasteiger partial charge in [0.2, 0.25) is 0 Å². The van der Waals surface area contributed by atoms with Gasteiger partial charge in [-0.15, -0.1) is 11.3 Å². The average Bonchev–Trinajstić information content (AvgIpc) is 2.89. The zero-order chi connectivity index (χ0) is 13.9. The third kappa shape index (κ3) is 3.24. The van der Waals surface area contributed by atoms with Gasteiger partial charge in [-0.25, -0.2) is 0 Å². The average molecular weight is 279 g/mol. The lowest BCUT2D eigenvalue weighted by Crippen LogP contribution is -2.03. The van der Waals surface area contributed by atoms with E-state index in [-0.39, 0.29) is 0 Å². The highest BCUT2D eigenvalue weighted by Crippen LogP contribution is 2.30. The second-order valence-corrected chi connectivity index (χ2v) is 4.71. The molecule has 0 aliphatic carbocycles. The fourth-order valence-corrected chi connectivity index (χ4v) is 2.22. The Morgan fingerprint density at radius 2 is 1.84 bits per heavy atom. The van der Waals surface area contributed by atoms with Crippen LogP contribution in [0.2, 0.25) is 0 Å². The summed E-state index contributed by atoms with van der Waals surface area (Å²) in [6, 6.07) is 10.4. The highest BCUT2D eigenvalue weighted by Gasteiger charge is 2.29. The van der Waals surface area contributed by atoms with E-state index in [1.807, 2.05) is 17.5 Å². The molecule has 0 saturated carbocycles. The maximum Gasteiger partial charge on any atom is 0.416 e. The Hall–Kier alpha value is -2.06. The fourth-order valence-electron chi connectivity index (χ4n) is 1.53. The van der Waals surface area contributed by atoms with Crippen molar-refractivity contribution < 1.29 is 13.2 Å². The third-order valence-electron chi connectivity index (χ3n) is 2.46. The van der Waals surface area contributed by atoms with Crippen LogP contribution in [-0.2, 0) is 6.18 Å². The van der Waals surface area contributed by atoms with Crippen LogP contribution in [-0.4, -0.2) is 0 Å². The monoisotopic (exact) mass is 279 g/mol. The van der Waals surface area contributed by atoms with E-state index in [0.717, 1.165) is 17.0 Å². The number of nitriles is 1. The number of rotatable bonds is 2. The molecule has 0 atom stereocenters. The first-order valence-electron chi connectivity index (χ1n) is 5.33. The summed E-state index contributed by atoms with van der Waals surface area (Å²) >= 11 is 1.41. The SMILES string of the molecule is N#C/C(=C\c1ccc(C(F)(F)F)cc1)c1cccs1.